The Hall–Kier alpha value is -0.630. The molecule has 0 aromatic heterocycles. The lowest BCUT2D eigenvalue weighted by molar-refractivity contribution is 0.0620. The predicted octanol–water partition coefficient (Wildman–Crippen LogP) is 2.08. The summed E-state index contributed by atoms with van der Waals surface area (Å²) in [4.78, 5) is 0.154. The Kier molecular flexibility index (Phi) is 5.06. The van der Waals surface area contributed by atoms with Gasteiger partial charge in [0.05, 0.1) is 5.69 Å². The molecule has 1 aliphatic rings. The van der Waals surface area contributed by atoms with Crippen LogP contribution in [0.15, 0.2) is 27.6 Å². The van der Waals surface area contributed by atoms with Crippen LogP contribution in [0.3, 0.4) is 0 Å². The monoisotopic (exact) mass is 362 g/mol. The molecule has 7 heteroatoms. The van der Waals surface area contributed by atoms with Gasteiger partial charge in [0.15, 0.2) is 0 Å². The van der Waals surface area contributed by atoms with Crippen LogP contribution >= 0.6 is 15.9 Å². The van der Waals surface area contributed by atoms with Gasteiger partial charge in [0.1, 0.15) is 4.90 Å². The Morgan fingerprint density at radius 3 is 2.70 bits per heavy atom. The highest BCUT2D eigenvalue weighted by molar-refractivity contribution is 9.10. The van der Waals surface area contributed by atoms with Gasteiger partial charge in [-0.3, -0.25) is 0 Å². The van der Waals surface area contributed by atoms with Gasteiger partial charge in [-0.15, -0.1) is 0 Å². The molecule has 0 aliphatic carbocycles. The van der Waals surface area contributed by atoms with E-state index in [1.165, 1.54) is 4.31 Å². The lowest BCUT2D eigenvalue weighted by Crippen LogP contribution is -2.34. The van der Waals surface area contributed by atoms with Crippen molar-refractivity contribution < 1.29 is 13.2 Å². The first-order valence-corrected chi connectivity index (χ1v) is 8.73. The lowest BCUT2D eigenvalue weighted by atomic mass is 10.0. The van der Waals surface area contributed by atoms with E-state index in [0.29, 0.717) is 30.1 Å². The van der Waals surface area contributed by atoms with E-state index in [1.54, 1.807) is 25.2 Å². The number of anilines is 1. The van der Waals surface area contributed by atoms with Crippen LogP contribution in [-0.4, -0.2) is 39.5 Å². The molecule has 1 heterocycles. The van der Waals surface area contributed by atoms with Gasteiger partial charge in [-0.05, 0) is 37.0 Å². The molecule has 2 rings (SSSR count). The van der Waals surface area contributed by atoms with E-state index in [2.05, 4.69) is 15.9 Å². The van der Waals surface area contributed by atoms with Crippen molar-refractivity contribution in [1.82, 2.24) is 4.31 Å². The second kappa shape index (κ2) is 6.43. The summed E-state index contributed by atoms with van der Waals surface area (Å²) in [5.74, 6) is 0.344. The highest BCUT2D eigenvalue weighted by Crippen LogP contribution is 2.27. The van der Waals surface area contributed by atoms with Crippen LogP contribution in [0.2, 0.25) is 0 Å². The summed E-state index contributed by atoms with van der Waals surface area (Å²) < 4.78 is 32.5. The average Bonchev–Trinajstić information content (AvgIpc) is 2.42. The van der Waals surface area contributed by atoms with Gasteiger partial charge in [-0.2, -0.15) is 0 Å². The van der Waals surface area contributed by atoms with Gasteiger partial charge >= 0.3 is 0 Å². The number of hydrogen-bond acceptors (Lipinski definition) is 4. The zero-order chi connectivity index (χ0) is 14.8. The summed E-state index contributed by atoms with van der Waals surface area (Å²) in [6.45, 7) is 1.91. The molecule has 0 saturated carbocycles. The molecule has 20 heavy (non-hydrogen) atoms. The van der Waals surface area contributed by atoms with Crippen molar-refractivity contribution in [2.75, 3.05) is 32.5 Å². The van der Waals surface area contributed by atoms with Crippen LogP contribution in [0.4, 0.5) is 5.69 Å². The van der Waals surface area contributed by atoms with Crippen molar-refractivity contribution in [2.45, 2.75) is 17.7 Å². The Labute approximate surface area is 128 Å². The number of hydrogen-bond donors (Lipinski definition) is 1. The van der Waals surface area contributed by atoms with Crippen LogP contribution in [0.25, 0.3) is 0 Å². The summed E-state index contributed by atoms with van der Waals surface area (Å²) in [6.07, 6.45) is 1.79. The van der Waals surface area contributed by atoms with Gasteiger partial charge in [0.2, 0.25) is 10.0 Å². The van der Waals surface area contributed by atoms with Crippen LogP contribution in [0.1, 0.15) is 12.8 Å². The van der Waals surface area contributed by atoms with Gasteiger partial charge in [-0.25, -0.2) is 12.7 Å². The first kappa shape index (κ1) is 15.8. The molecule has 2 N–H and O–H groups in total. The SMILES string of the molecule is CN(CC1CCOCC1)S(=O)(=O)c1cc(Br)ccc1N. The molecule has 0 radical (unpaired) electrons. The number of nitrogen functional groups attached to an aromatic ring is 1. The third kappa shape index (κ3) is 3.52. The summed E-state index contributed by atoms with van der Waals surface area (Å²) in [6, 6.07) is 4.87. The third-order valence-electron chi connectivity index (χ3n) is 3.52. The van der Waals surface area contributed by atoms with E-state index < -0.39 is 10.0 Å². The molecule has 1 saturated heterocycles. The average molecular weight is 363 g/mol. The number of ether oxygens (including phenoxy) is 1. The second-order valence-corrected chi connectivity index (χ2v) is 7.95. The van der Waals surface area contributed by atoms with Crippen molar-refractivity contribution in [3.8, 4) is 0 Å². The molecule has 0 bridgehead atoms. The van der Waals surface area contributed by atoms with Crippen molar-refractivity contribution in [1.29, 1.82) is 0 Å². The maximum atomic E-state index is 12.6. The molecule has 0 amide bonds. The second-order valence-electron chi connectivity index (χ2n) is 5.02. The fourth-order valence-corrected chi connectivity index (χ4v) is 4.19. The maximum absolute atomic E-state index is 12.6. The topological polar surface area (TPSA) is 72.6 Å². The molecule has 0 spiro atoms. The van der Waals surface area contributed by atoms with Crippen LogP contribution < -0.4 is 5.73 Å². The Balaban J connectivity index is 2.18. The van der Waals surface area contributed by atoms with E-state index in [4.69, 9.17) is 10.5 Å². The zero-order valence-corrected chi connectivity index (χ0v) is 13.8. The highest BCUT2D eigenvalue weighted by Gasteiger charge is 2.26. The van der Waals surface area contributed by atoms with Crippen LogP contribution in [0, 0.1) is 5.92 Å². The Morgan fingerprint density at radius 2 is 2.05 bits per heavy atom. The normalized spacial score (nSPS) is 17.6. The number of nitrogens with zero attached hydrogens (tertiary/aromatic N) is 1. The fraction of sp³-hybridized carbons (Fsp3) is 0.538. The van der Waals surface area contributed by atoms with Gasteiger partial charge in [-0.1, -0.05) is 15.9 Å². The quantitative estimate of drug-likeness (QED) is 0.832. The van der Waals surface area contributed by atoms with Crippen molar-refractivity contribution in [3.05, 3.63) is 22.7 Å². The first-order valence-electron chi connectivity index (χ1n) is 6.50. The maximum Gasteiger partial charge on any atom is 0.244 e. The minimum Gasteiger partial charge on any atom is -0.398 e. The summed E-state index contributed by atoms with van der Waals surface area (Å²) in [5, 5.41) is 0. The number of benzene rings is 1. The number of nitrogens with two attached hydrogens (primary N) is 1. The van der Waals surface area contributed by atoms with Crippen LogP contribution in [0.5, 0.6) is 0 Å². The smallest absolute Gasteiger partial charge is 0.244 e. The molecule has 5 nitrogen and oxygen atoms in total. The molecule has 1 aliphatic heterocycles. The summed E-state index contributed by atoms with van der Waals surface area (Å²) in [7, 11) is -1.95. The lowest BCUT2D eigenvalue weighted by Gasteiger charge is -2.27. The number of sulfonamides is 1. The van der Waals surface area contributed by atoms with E-state index in [0.717, 1.165) is 12.8 Å². The van der Waals surface area contributed by atoms with Crippen LogP contribution in [-0.2, 0) is 14.8 Å². The Morgan fingerprint density at radius 1 is 1.40 bits per heavy atom. The largest absolute Gasteiger partial charge is 0.398 e. The van der Waals surface area contributed by atoms with E-state index in [-0.39, 0.29) is 10.6 Å². The molecular formula is C13H19BrN2O3S. The van der Waals surface area contributed by atoms with Crippen molar-refractivity contribution in [2.24, 2.45) is 5.92 Å². The first-order chi connectivity index (χ1) is 9.41. The molecule has 1 aromatic rings. The highest BCUT2D eigenvalue weighted by atomic mass is 79.9. The Bertz CT molecular complexity index is 571. The minimum absolute atomic E-state index is 0.154. The zero-order valence-electron chi connectivity index (χ0n) is 11.4. The van der Waals surface area contributed by atoms with E-state index in [9.17, 15) is 8.42 Å². The molecule has 1 aromatic carbocycles. The van der Waals surface area contributed by atoms with Gasteiger partial charge in [0, 0.05) is 31.3 Å². The van der Waals surface area contributed by atoms with Crippen molar-refractivity contribution in [3.63, 3.8) is 0 Å². The number of rotatable bonds is 4. The standard InChI is InChI=1S/C13H19BrN2O3S/c1-16(9-10-4-6-19-7-5-10)20(17,18)13-8-11(14)2-3-12(13)15/h2-3,8,10H,4-7,9,15H2,1H3. The summed E-state index contributed by atoms with van der Waals surface area (Å²) in [5.41, 5.74) is 6.07. The molecule has 0 unspecified atom stereocenters. The number of halogens is 1. The van der Waals surface area contributed by atoms with E-state index >= 15 is 0 Å². The van der Waals surface area contributed by atoms with Crippen molar-refractivity contribution >= 4 is 31.6 Å². The molecule has 112 valence electrons. The molecular weight excluding hydrogens is 344 g/mol. The molecule has 1 fully saturated rings. The van der Waals surface area contributed by atoms with Gasteiger partial charge < -0.3 is 10.5 Å². The van der Waals surface area contributed by atoms with Gasteiger partial charge in [0.25, 0.3) is 0 Å². The third-order valence-corrected chi connectivity index (χ3v) is 5.89. The minimum atomic E-state index is -3.55. The predicted molar refractivity (Wildman–Crippen MR) is 81.9 cm³/mol. The molecule has 0 atom stereocenters. The summed E-state index contributed by atoms with van der Waals surface area (Å²) >= 11 is 3.28. The fourth-order valence-electron chi connectivity index (χ4n) is 2.29. The van der Waals surface area contributed by atoms with E-state index in [1.807, 2.05) is 0 Å².